The molecule has 170 valence electrons. The van der Waals surface area contributed by atoms with Gasteiger partial charge in [0.2, 0.25) is 5.91 Å². The fourth-order valence-corrected chi connectivity index (χ4v) is 4.36. The first-order chi connectivity index (χ1) is 15.2. The number of hydrogen-bond acceptors (Lipinski definition) is 3. The molecule has 0 spiro atoms. The molecule has 31 heavy (non-hydrogen) atoms. The van der Waals surface area contributed by atoms with Crippen LogP contribution in [0.4, 0.5) is 0 Å². The van der Waals surface area contributed by atoms with Crippen LogP contribution in [0.5, 0.6) is 0 Å². The van der Waals surface area contributed by atoms with E-state index in [4.69, 9.17) is 0 Å². The monoisotopic (exact) mass is 427 g/mol. The van der Waals surface area contributed by atoms with Crippen LogP contribution in [0.3, 0.4) is 0 Å². The Hall–Kier alpha value is -2.57. The molecule has 7 heteroatoms. The van der Waals surface area contributed by atoms with E-state index in [1.54, 1.807) is 0 Å². The van der Waals surface area contributed by atoms with Crippen molar-refractivity contribution in [3.05, 3.63) is 35.9 Å². The van der Waals surface area contributed by atoms with E-state index in [9.17, 15) is 9.59 Å². The molecule has 0 aromatic heterocycles. The van der Waals surface area contributed by atoms with Gasteiger partial charge in [-0.05, 0) is 44.7 Å². The second-order valence-electron chi connectivity index (χ2n) is 8.49. The number of amides is 2. The summed E-state index contributed by atoms with van der Waals surface area (Å²) in [6.45, 7) is 5.63. The number of nitrogens with one attached hydrogen (secondary N) is 3. The molecule has 3 N–H and O–H groups in total. The number of likely N-dealkylation sites (tertiary alicyclic amines) is 1. The first-order valence-corrected chi connectivity index (χ1v) is 11.8. The molecule has 1 atom stereocenters. The Bertz CT molecular complexity index is 731. The summed E-state index contributed by atoms with van der Waals surface area (Å²) in [6, 6.07) is 9.48. The summed E-state index contributed by atoms with van der Waals surface area (Å²) in [7, 11) is 0. The van der Waals surface area contributed by atoms with Crippen LogP contribution in [0.1, 0.15) is 62.2 Å². The molecule has 2 amide bonds. The number of nitrogens with zero attached hydrogens (tertiary/aromatic N) is 2. The van der Waals surface area contributed by atoms with Crippen molar-refractivity contribution < 1.29 is 9.59 Å². The number of rotatable bonds is 8. The van der Waals surface area contributed by atoms with Gasteiger partial charge in [-0.3, -0.25) is 14.6 Å². The second-order valence-corrected chi connectivity index (χ2v) is 8.49. The number of carbonyl (C=O) groups is 2. The van der Waals surface area contributed by atoms with Gasteiger partial charge in [-0.2, -0.15) is 0 Å². The Morgan fingerprint density at radius 3 is 2.58 bits per heavy atom. The normalized spacial score (nSPS) is 19.8. The topological polar surface area (TPSA) is 85.8 Å². The molecule has 1 aromatic carbocycles. The molecule has 0 bridgehead atoms. The average molecular weight is 428 g/mol. The van der Waals surface area contributed by atoms with Crippen molar-refractivity contribution in [3.8, 4) is 0 Å². The molecule has 1 aromatic rings. The molecular formula is C24H37N5O2. The smallest absolute Gasteiger partial charge is 0.251 e. The standard InChI is InChI=1S/C24H37N5O2/c1-2-25-24(27-16-9-15-26-22(30)19-10-5-3-6-11-19)28-21-14-17-29(18-21)23(31)20-12-7-4-8-13-20/h3,5-6,10-11,20-21H,2,4,7-9,12-18H2,1H3,(H,26,30)(H2,25,27,28). The van der Waals surface area contributed by atoms with Crippen LogP contribution in [0, 0.1) is 5.92 Å². The summed E-state index contributed by atoms with van der Waals surface area (Å²) in [5.74, 6) is 1.32. The highest BCUT2D eigenvalue weighted by Crippen LogP contribution is 2.26. The first-order valence-electron chi connectivity index (χ1n) is 11.8. The number of carbonyl (C=O) groups excluding carboxylic acids is 2. The van der Waals surface area contributed by atoms with E-state index in [1.165, 1.54) is 19.3 Å². The molecular weight excluding hydrogens is 390 g/mol. The van der Waals surface area contributed by atoms with Crippen molar-refractivity contribution in [2.75, 3.05) is 32.7 Å². The summed E-state index contributed by atoms with van der Waals surface area (Å²) < 4.78 is 0. The van der Waals surface area contributed by atoms with Crippen LogP contribution in [0.25, 0.3) is 0 Å². The van der Waals surface area contributed by atoms with E-state index < -0.39 is 0 Å². The van der Waals surface area contributed by atoms with Gasteiger partial charge in [0.25, 0.3) is 5.91 Å². The lowest BCUT2D eigenvalue weighted by Crippen LogP contribution is -2.45. The summed E-state index contributed by atoms with van der Waals surface area (Å²) in [5.41, 5.74) is 0.676. The average Bonchev–Trinajstić information content (AvgIpc) is 3.28. The zero-order chi connectivity index (χ0) is 21.9. The van der Waals surface area contributed by atoms with E-state index in [0.717, 1.165) is 51.3 Å². The Kier molecular flexibility index (Phi) is 9.18. The molecule has 1 aliphatic heterocycles. The lowest BCUT2D eigenvalue weighted by atomic mass is 9.88. The molecule has 1 saturated heterocycles. The maximum Gasteiger partial charge on any atom is 0.251 e. The van der Waals surface area contributed by atoms with Crippen LogP contribution in [-0.4, -0.2) is 61.4 Å². The van der Waals surface area contributed by atoms with E-state index in [-0.39, 0.29) is 17.9 Å². The fourth-order valence-electron chi connectivity index (χ4n) is 4.36. The summed E-state index contributed by atoms with van der Waals surface area (Å²) >= 11 is 0. The minimum absolute atomic E-state index is 0.0525. The van der Waals surface area contributed by atoms with Crippen molar-refractivity contribution in [2.45, 2.75) is 57.9 Å². The summed E-state index contributed by atoms with van der Waals surface area (Å²) in [4.78, 5) is 31.5. The zero-order valence-corrected chi connectivity index (χ0v) is 18.7. The Balaban J connectivity index is 1.39. The molecule has 1 aliphatic carbocycles. The minimum atomic E-state index is -0.0525. The van der Waals surface area contributed by atoms with Crippen LogP contribution in [0.2, 0.25) is 0 Å². The fraction of sp³-hybridized carbons (Fsp3) is 0.625. The molecule has 1 heterocycles. The Morgan fingerprint density at radius 2 is 1.84 bits per heavy atom. The van der Waals surface area contributed by atoms with Gasteiger partial charge < -0.3 is 20.9 Å². The van der Waals surface area contributed by atoms with Gasteiger partial charge in [0.05, 0.1) is 0 Å². The molecule has 2 fully saturated rings. The first kappa shape index (κ1) is 23.1. The van der Waals surface area contributed by atoms with Crippen LogP contribution in [-0.2, 0) is 4.79 Å². The lowest BCUT2D eigenvalue weighted by molar-refractivity contribution is -0.135. The van der Waals surface area contributed by atoms with E-state index in [0.29, 0.717) is 24.6 Å². The third kappa shape index (κ3) is 7.26. The van der Waals surface area contributed by atoms with Crippen molar-refractivity contribution in [1.82, 2.24) is 20.9 Å². The van der Waals surface area contributed by atoms with E-state index >= 15 is 0 Å². The van der Waals surface area contributed by atoms with E-state index in [1.807, 2.05) is 42.2 Å². The number of guanidine groups is 1. The summed E-state index contributed by atoms with van der Waals surface area (Å²) in [6.07, 6.45) is 7.48. The Labute approximate surface area is 186 Å². The van der Waals surface area contributed by atoms with Crippen LogP contribution < -0.4 is 16.0 Å². The molecule has 2 aliphatic rings. The van der Waals surface area contributed by atoms with Gasteiger partial charge in [-0.25, -0.2) is 0 Å². The lowest BCUT2D eigenvalue weighted by Gasteiger charge is -2.26. The maximum absolute atomic E-state index is 12.8. The predicted octanol–water partition coefficient (Wildman–Crippen LogP) is 2.54. The van der Waals surface area contributed by atoms with Crippen molar-refractivity contribution >= 4 is 17.8 Å². The molecule has 1 saturated carbocycles. The number of hydrogen-bond donors (Lipinski definition) is 3. The van der Waals surface area contributed by atoms with Crippen molar-refractivity contribution in [3.63, 3.8) is 0 Å². The molecule has 7 nitrogen and oxygen atoms in total. The summed E-state index contributed by atoms with van der Waals surface area (Å²) in [5, 5.41) is 9.71. The quantitative estimate of drug-likeness (QED) is 0.338. The molecule has 0 radical (unpaired) electrons. The third-order valence-electron chi connectivity index (χ3n) is 6.07. The highest BCUT2D eigenvalue weighted by Gasteiger charge is 2.31. The van der Waals surface area contributed by atoms with Crippen LogP contribution in [0.15, 0.2) is 35.3 Å². The van der Waals surface area contributed by atoms with Gasteiger partial charge >= 0.3 is 0 Å². The van der Waals surface area contributed by atoms with Crippen molar-refractivity contribution in [2.24, 2.45) is 10.9 Å². The van der Waals surface area contributed by atoms with Gasteiger partial charge in [0.1, 0.15) is 0 Å². The highest BCUT2D eigenvalue weighted by molar-refractivity contribution is 5.94. The zero-order valence-electron chi connectivity index (χ0n) is 18.7. The van der Waals surface area contributed by atoms with Gasteiger partial charge in [0.15, 0.2) is 5.96 Å². The minimum Gasteiger partial charge on any atom is -0.357 e. The second kappa shape index (κ2) is 12.3. The van der Waals surface area contributed by atoms with Crippen LogP contribution >= 0.6 is 0 Å². The molecule has 3 rings (SSSR count). The SMILES string of the molecule is CCNC(=NCCCNC(=O)c1ccccc1)NC1CCN(C(=O)C2CCCCC2)C1. The van der Waals surface area contributed by atoms with Gasteiger partial charge in [-0.15, -0.1) is 0 Å². The van der Waals surface area contributed by atoms with E-state index in [2.05, 4.69) is 20.9 Å². The van der Waals surface area contributed by atoms with Gasteiger partial charge in [-0.1, -0.05) is 37.5 Å². The molecule has 1 unspecified atom stereocenters. The Morgan fingerprint density at radius 1 is 1.06 bits per heavy atom. The highest BCUT2D eigenvalue weighted by atomic mass is 16.2. The third-order valence-corrected chi connectivity index (χ3v) is 6.07. The van der Waals surface area contributed by atoms with Crippen molar-refractivity contribution in [1.29, 1.82) is 0 Å². The maximum atomic E-state index is 12.8. The number of aliphatic imine (C=N–C) groups is 1. The largest absolute Gasteiger partial charge is 0.357 e. The van der Waals surface area contributed by atoms with Gasteiger partial charge in [0, 0.05) is 50.2 Å². The predicted molar refractivity (Wildman–Crippen MR) is 124 cm³/mol. The number of benzene rings is 1.